The monoisotopic (exact) mass is 488 g/mol. The van der Waals surface area contributed by atoms with Crippen molar-refractivity contribution in [1.82, 2.24) is 5.32 Å². The number of amides is 1. The number of hydrogen-bond acceptors (Lipinski definition) is 4. The molecule has 0 fully saturated rings. The highest BCUT2D eigenvalue weighted by atomic mass is 35.5. The lowest BCUT2D eigenvalue weighted by atomic mass is 10.2. The molecule has 0 saturated carbocycles. The van der Waals surface area contributed by atoms with E-state index in [4.69, 9.17) is 11.6 Å². The summed E-state index contributed by atoms with van der Waals surface area (Å²) >= 11 is 7.86. The normalized spacial score (nSPS) is 11.2. The van der Waals surface area contributed by atoms with E-state index in [9.17, 15) is 13.2 Å². The van der Waals surface area contributed by atoms with Crippen LogP contribution in [0.5, 0.6) is 0 Å². The molecular formula is C24H25ClN2O3S2. The van der Waals surface area contributed by atoms with Crippen LogP contribution in [0.15, 0.2) is 71.6 Å². The van der Waals surface area contributed by atoms with E-state index in [1.165, 1.54) is 29.3 Å². The summed E-state index contributed by atoms with van der Waals surface area (Å²) in [5.74, 6) is 1.27. The van der Waals surface area contributed by atoms with Gasteiger partial charge in [0.2, 0.25) is 0 Å². The molecule has 0 aromatic heterocycles. The predicted octanol–water partition coefficient (Wildman–Crippen LogP) is 5.42. The zero-order chi connectivity index (χ0) is 23.1. The van der Waals surface area contributed by atoms with Gasteiger partial charge in [-0.15, -0.1) is 0 Å². The Morgan fingerprint density at radius 2 is 1.56 bits per heavy atom. The van der Waals surface area contributed by atoms with Crippen LogP contribution >= 0.6 is 23.4 Å². The molecule has 1 amide bonds. The summed E-state index contributed by atoms with van der Waals surface area (Å²) in [6.07, 6.45) is 0. The molecule has 0 heterocycles. The van der Waals surface area contributed by atoms with Crippen molar-refractivity contribution in [2.24, 2.45) is 0 Å². The highest BCUT2D eigenvalue weighted by Crippen LogP contribution is 2.25. The molecule has 0 spiro atoms. The molecule has 0 aliphatic carbocycles. The number of aryl methyl sites for hydroxylation is 2. The van der Waals surface area contributed by atoms with E-state index >= 15 is 0 Å². The maximum Gasteiger partial charge on any atom is 0.263 e. The highest BCUT2D eigenvalue weighted by Gasteiger charge is 2.20. The van der Waals surface area contributed by atoms with Gasteiger partial charge in [-0.05, 0) is 49.7 Å². The lowest BCUT2D eigenvalue weighted by Gasteiger charge is -2.12. The van der Waals surface area contributed by atoms with E-state index in [2.05, 4.69) is 41.2 Å². The van der Waals surface area contributed by atoms with E-state index in [0.717, 1.165) is 17.1 Å². The number of rotatable bonds is 9. The van der Waals surface area contributed by atoms with Crippen LogP contribution in [0.2, 0.25) is 5.02 Å². The smallest absolute Gasteiger partial charge is 0.263 e. The van der Waals surface area contributed by atoms with Crippen molar-refractivity contribution in [3.63, 3.8) is 0 Å². The van der Waals surface area contributed by atoms with E-state index in [1.807, 2.05) is 6.92 Å². The average Bonchev–Trinajstić information content (AvgIpc) is 2.76. The van der Waals surface area contributed by atoms with Gasteiger partial charge in [0.05, 0.1) is 5.02 Å². The number of sulfonamides is 1. The molecule has 8 heteroatoms. The van der Waals surface area contributed by atoms with Gasteiger partial charge in [-0.1, -0.05) is 59.1 Å². The Hall–Kier alpha value is -2.48. The van der Waals surface area contributed by atoms with Gasteiger partial charge in [-0.3, -0.25) is 9.52 Å². The fraction of sp³-hybridized carbons (Fsp3) is 0.208. The predicted molar refractivity (Wildman–Crippen MR) is 133 cm³/mol. The topological polar surface area (TPSA) is 75.3 Å². The molecule has 3 rings (SSSR count). The number of thioether (sulfide) groups is 1. The van der Waals surface area contributed by atoms with Crippen molar-refractivity contribution in [1.29, 1.82) is 0 Å². The van der Waals surface area contributed by atoms with E-state index < -0.39 is 10.0 Å². The van der Waals surface area contributed by atoms with Crippen LogP contribution in [-0.4, -0.2) is 26.6 Å². The number of nitrogens with one attached hydrogen (secondary N) is 2. The number of carbonyl (C=O) groups excluding carboxylic acids is 1. The van der Waals surface area contributed by atoms with Crippen molar-refractivity contribution in [2.75, 3.05) is 17.0 Å². The summed E-state index contributed by atoms with van der Waals surface area (Å²) in [6, 6.07) is 19.6. The number of benzene rings is 3. The fourth-order valence-corrected chi connectivity index (χ4v) is 5.30. The van der Waals surface area contributed by atoms with Gasteiger partial charge in [-0.2, -0.15) is 11.8 Å². The molecule has 32 heavy (non-hydrogen) atoms. The Labute approximate surface area is 198 Å². The van der Waals surface area contributed by atoms with Crippen LogP contribution in [0.1, 0.15) is 27.0 Å². The third-order valence-electron chi connectivity index (χ3n) is 4.71. The zero-order valence-corrected chi connectivity index (χ0v) is 20.3. The Morgan fingerprint density at radius 1 is 0.938 bits per heavy atom. The van der Waals surface area contributed by atoms with Gasteiger partial charge >= 0.3 is 0 Å². The van der Waals surface area contributed by atoms with Crippen LogP contribution in [-0.2, 0) is 15.8 Å². The van der Waals surface area contributed by atoms with Gasteiger partial charge in [0.15, 0.2) is 0 Å². The molecule has 3 aromatic carbocycles. The van der Waals surface area contributed by atoms with Crippen LogP contribution in [0.4, 0.5) is 5.69 Å². The van der Waals surface area contributed by atoms with Crippen molar-refractivity contribution < 1.29 is 13.2 Å². The zero-order valence-electron chi connectivity index (χ0n) is 17.9. The minimum absolute atomic E-state index is 0.0508. The maximum absolute atomic E-state index is 12.8. The molecule has 0 aliphatic rings. The first-order valence-corrected chi connectivity index (χ1v) is 13.1. The molecule has 3 aromatic rings. The van der Waals surface area contributed by atoms with Crippen LogP contribution in [0.25, 0.3) is 0 Å². The summed E-state index contributed by atoms with van der Waals surface area (Å²) in [7, 11) is -3.94. The van der Waals surface area contributed by atoms with Gasteiger partial charge in [0, 0.05) is 29.3 Å². The number of carbonyl (C=O) groups is 1. The largest absolute Gasteiger partial charge is 0.351 e. The summed E-state index contributed by atoms with van der Waals surface area (Å²) in [5, 5.41) is 2.88. The third kappa shape index (κ3) is 6.76. The van der Waals surface area contributed by atoms with Crippen LogP contribution < -0.4 is 10.0 Å². The van der Waals surface area contributed by atoms with Gasteiger partial charge in [0.1, 0.15) is 4.90 Å². The molecule has 5 nitrogen and oxygen atoms in total. The first kappa shape index (κ1) is 24.2. The van der Waals surface area contributed by atoms with Crippen molar-refractivity contribution in [2.45, 2.75) is 24.5 Å². The molecular weight excluding hydrogens is 464 g/mol. The Balaban J connectivity index is 1.58. The summed E-state index contributed by atoms with van der Waals surface area (Å²) in [5.41, 5.74) is 4.14. The van der Waals surface area contributed by atoms with Crippen LogP contribution in [0.3, 0.4) is 0 Å². The lowest BCUT2D eigenvalue weighted by Crippen LogP contribution is -2.26. The fourth-order valence-electron chi connectivity index (χ4n) is 2.90. The number of hydrogen-bond donors (Lipinski definition) is 2. The quantitative estimate of drug-likeness (QED) is 0.394. The summed E-state index contributed by atoms with van der Waals surface area (Å²) < 4.78 is 28.1. The molecule has 168 valence electrons. The second-order valence-electron chi connectivity index (χ2n) is 7.41. The average molecular weight is 489 g/mol. The molecule has 0 atom stereocenters. The second kappa shape index (κ2) is 10.9. The number of anilines is 1. The minimum atomic E-state index is -3.94. The molecule has 0 bridgehead atoms. The Bertz CT molecular complexity index is 1180. The summed E-state index contributed by atoms with van der Waals surface area (Å²) in [4.78, 5) is 12.4. The standard InChI is InChI=1S/C24H25ClN2O3S2/c1-17-3-7-19(8-4-17)16-31-14-13-26-24(28)20-9-12-22(25)23(15-20)32(29,30)27-21-10-5-18(2)6-11-21/h3-12,15,27H,13-14,16H2,1-2H3,(H,26,28). The molecule has 0 unspecified atom stereocenters. The number of halogens is 1. The van der Waals surface area contributed by atoms with Gasteiger partial charge < -0.3 is 5.32 Å². The van der Waals surface area contributed by atoms with E-state index in [-0.39, 0.29) is 21.4 Å². The molecule has 2 N–H and O–H groups in total. The first-order valence-electron chi connectivity index (χ1n) is 10.0. The molecule has 0 saturated heterocycles. The third-order valence-corrected chi connectivity index (χ3v) is 7.60. The van der Waals surface area contributed by atoms with Crippen molar-refractivity contribution >= 4 is 45.0 Å². The summed E-state index contributed by atoms with van der Waals surface area (Å²) in [6.45, 7) is 4.44. The minimum Gasteiger partial charge on any atom is -0.351 e. The van der Waals surface area contributed by atoms with Crippen LogP contribution in [0, 0.1) is 13.8 Å². The second-order valence-corrected chi connectivity index (χ2v) is 10.6. The van der Waals surface area contributed by atoms with Crippen molar-refractivity contribution in [3.05, 3.63) is 94.0 Å². The van der Waals surface area contributed by atoms with Gasteiger partial charge in [-0.25, -0.2) is 8.42 Å². The van der Waals surface area contributed by atoms with Gasteiger partial charge in [0.25, 0.3) is 15.9 Å². The van der Waals surface area contributed by atoms with E-state index in [1.54, 1.807) is 36.0 Å². The Kier molecular flexibility index (Phi) is 8.23. The maximum atomic E-state index is 12.8. The Morgan fingerprint density at radius 3 is 2.22 bits per heavy atom. The SMILES string of the molecule is Cc1ccc(CSCCNC(=O)c2ccc(Cl)c(S(=O)(=O)Nc3ccc(C)cc3)c2)cc1. The highest BCUT2D eigenvalue weighted by molar-refractivity contribution is 7.98. The van der Waals surface area contributed by atoms with Crippen molar-refractivity contribution in [3.8, 4) is 0 Å². The molecule has 0 radical (unpaired) electrons. The lowest BCUT2D eigenvalue weighted by molar-refractivity contribution is 0.0956. The van der Waals surface area contributed by atoms with E-state index in [0.29, 0.717) is 12.2 Å². The molecule has 0 aliphatic heterocycles. The first-order chi connectivity index (χ1) is 15.2.